The lowest BCUT2D eigenvalue weighted by atomic mass is 9.89. The smallest absolute Gasteiger partial charge is 0.255 e. The van der Waals surface area contributed by atoms with Gasteiger partial charge in [-0.15, -0.1) is 0 Å². The first-order valence-electron chi connectivity index (χ1n) is 10.0. The number of imidazole rings is 1. The lowest BCUT2D eigenvalue weighted by Gasteiger charge is -2.39. The number of hydrogen-bond acceptors (Lipinski definition) is 5. The zero-order valence-corrected chi connectivity index (χ0v) is 17.5. The third kappa shape index (κ3) is 3.33. The molecule has 0 bridgehead atoms. The molecule has 2 aliphatic rings. The summed E-state index contributed by atoms with van der Waals surface area (Å²) in [7, 11) is 0. The number of carbonyl (C=O) groups excluding carboxylic acids is 3. The quantitative estimate of drug-likeness (QED) is 0.544. The summed E-state index contributed by atoms with van der Waals surface area (Å²) in [5.41, 5.74) is 3.08. The fourth-order valence-electron chi connectivity index (χ4n) is 4.19. The molecule has 8 nitrogen and oxygen atoms in total. The predicted molar refractivity (Wildman–Crippen MR) is 116 cm³/mol. The van der Waals surface area contributed by atoms with Crippen molar-refractivity contribution in [3.63, 3.8) is 0 Å². The zero-order chi connectivity index (χ0) is 21.8. The van der Waals surface area contributed by atoms with Crippen LogP contribution >= 0.6 is 11.6 Å². The highest BCUT2D eigenvalue weighted by molar-refractivity contribution is 6.31. The van der Waals surface area contributed by atoms with Crippen molar-refractivity contribution in [1.82, 2.24) is 20.2 Å². The molecule has 9 heteroatoms. The minimum absolute atomic E-state index is 0.185. The Morgan fingerprint density at radius 1 is 1.19 bits per heavy atom. The van der Waals surface area contributed by atoms with Crippen LogP contribution in [0.3, 0.4) is 0 Å². The van der Waals surface area contributed by atoms with Crippen molar-refractivity contribution < 1.29 is 14.4 Å². The molecule has 3 heterocycles. The molecule has 1 atom stereocenters. The van der Waals surface area contributed by atoms with Gasteiger partial charge in [-0.2, -0.15) is 0 Å². The number of imide groups is 1. The number of nitrogens with zero attached hydrogens (tertiary/aromatic N) is 2. The Hall–Kier alpha value is -3.39. The number of halogens is 1. The molecule has 0 saturated carbocycles. The van der Waals surface area contributed by atoms with Gasteiger partial charge in [0.05, 0.1) is 11.0 Å². The highest BCUT2D eigenvalue weighted by Gasteiger charge is 2.48. The number of aromatic nitrogens is 2. The van der Waals surface area contributed by atoms with E-state index in [1.807, 2.05) is 24.3 Å². The van der Waals surface area contributed by atoms with Gasteiger partial charge in [0.25, 0.3) is 11.8 Å². The number of amides is 3. The highest BCUT2D eigenvalue weighted by Crippen LogP contribution is 2.34. The van der Waals surface area contributed by atoms with Crippen LogP contribution < -0.4 is 10.6 Å². The summed E-state index contributed by atoms with van der Waals surface area (Å²) in [4.78, 5) is 46.2. The van der Waals surface area contributed by atoms with Crippen molar-refractivity contribution >= 4 is 46.3 Å². The van der Waals surface area contributed by atoms with Gasteiger partial charge in [-0.25, -0.2) is 4.98 Å². The zero-order valence-electron chi connectivity index (χ0n) is 16.8. The average molecular weight is 438 g/mol. The van der Waals surface area contributed by atoms with Crippen molar-refractivity contribution in [1.29, 1.82) is 0 Å². The third-order valence-corrected chi connectivity index (χ3v) is 6.29. The van der Waals surface area contributed by atoms with Crippen LogP contribution in [0.25, 0.3) is 11.0 Å². The molecule has 1 saturated heterocycles. The normalized spacial score (nSPS) is 20.8. The maximum absolute atomic E-state index is 13.0. The summed E-state index contributed by atoms with van der Waals surface area (Å²) in [5, 5.41) is 6.25. The Balaban J connectivity index is 1.33. The average Bonchev–Trinajstić information content (AvgIpc) is 3.30. The van der Waals surface area contributed by atoms with E-state index in [-0.39, 0.29) is 18.2 Å². The number of nitrogens with one attached hydrogen (secondary N) is 3. The molecule has 3 N–H and O–H groups in total. The molecule has 1 fully saturated rings. The van der Waals surface area contributed by atoms with E-state index in [4.69, 9.17) is 11.6 Å². The standard InChI is InChI=1S/C22H20ClN5O3/c1-22(7-6-18(29)27-20(22)31)28-11-13-8-12(2-4-15(13)19(28)30)10-24-21-25-16-5-3-14(23)9-17(16)26-21/h2-5,8-9H,6-7,10-11H2,1H3,(H2,24,25,26)(H,27,29,31). The van der Waals surface area contributed by atoms with E-state index in [0.29, 0.717) is 36.0 Å². The molecule has 31 heavy (non-hydrogen) atoms. The molecule has 3 aromatic rings. The van der Waals surface area contributed by atoms with Gasteiger partial charge in [0.2, 0.25) is 11.9 Å². The number of benzene rings is 2. The number of fused-ring (bicyclic) bond motifs is 2. The minimum atomic E-state index is -1.03. The monoisotopic (exact) mass is 437 g/mol. The molecule has 1 aromatic heterocycles. The molecule has 5 rings (SSSR count). The Morgan fingerprint density at radius 3 is 2.84 bits per heavy atom. The number of aromatic amines is 1. The first-order chi connectivity index (χ1) is 14.8. The van der Waals surface area contributed by atoms with Gasteiger partial charge in [0.15, 0.2) is 0 Å². The molecule has 0 aliphatic carbocycles. The van der Waals surface area contributed by atoms with Crippen LogP contribution in [0, 0.1) is 0 Å². The van der Waals surface area contributed by atoms with Crippen LogP contribution in [0.4, 0.5) is 5.95 Å². The van der Waals surface area contributed by atoms with Crippen LogP contribution in [0.5, 0.6) is 0 Å². The van der Waals surface area contributed by atoms with Gasteiger partial charge in [-0.05, 0) is 48.7 Å². The molecular formula is C22H20ClN5O3. The van der Waals surface area contributed by atoms with Crippen molar-refractivity contribution in [2.45, 2.75) is 38.4 Å². The van der Waals surface area contributed by atoms with E-state index in [9.17, 15) is 14.4 Å². The fourth-order valence-corrected chi connectivity index (χ4v) is 4.36. The summed E-state index contributed by atoms with van der Waals surface area (Å²) in [6, 6.07) is 11.1. The summed E-state index contributed by atoms with van der Waals surface area (Å²) in [6.45, 7) is 2.57. The summed E-state index contributed by atoms with van der Waals surface area (Å²) in [6.07, 6.45) is 0.544. The van der Waals surface area contributed by atoms with Crippen molar-refractivity contribution in [2.75, 3.05) is 5.32 Å². The molecule has 1 unspecified atom stereocenters. The van der Waals surface area contributed by atoms with Gasteiger partial charge in [-0.1, -0.05) is 23.7 Å². The molecule has 0 radical (unpaired) electrons. The molecule has 0 spiro atoms. The number of H-pyrrole nitrogens is 1. The fraction of sp³-hybridized carbons (Fsp3) is 0.273. The van der Waals surface area contributed by atoms with Crippen molar-refractivity contribution in [3.8, 4) is 0 Å². The van der Waals surface area contributed by atoms with Gasteiger partial charge < -0.3 is 15.2 Å². The SMILES string of the molecule is CC1(N2Cc3cc(CNc4nc5ccc(Cl)cc5[nH]4)ccc3C2=O)CCC(=O)NC1=O. The van der Waals surface area contributed by atoms with Gasteiger partial charge >= 0.3 is 0 Å². The Kier molecular flexibility index (Phi) is 4.48. The van der Waals surface area contributed by atoms with Gasteiger partial charge in [0.1, 0.15) is 5.54 Å². The second-order valence-corrected chi connectivity index (χ2v) is 8.57. The van der Waals surface area contributed by atoms with Gasteiger partial charge in [-0.3, -0.25) is 19.7 Å². The number of rotatable bonds is 4. The minimum Gasteiger partial charge on any atom is -0.352 e. The Labute approximate surface area is 183 Å². The molecular weight excluding hydrogens is 418 g/mol. The van der Waals surface area contributed by atoms with Crippen LogP contribution in [-0.4, -0.2) is 38.1 Å². The number of carbonyl (C=O) groups is 3. The van der Waals surface area contributed by atoms with Crippen molar-refractivity contribution in [3.05, 3.63) is 58.1 Å². The number of anilines is 1. The lowest BCUT2D eigenvalue weighted by Crippen LogP contribution is -2.61. The van der Waals surface area contributed by atoms with Crippen LogP contribution in [0.15, 0.2) is 36.4 Å². The van der Waals surface area contributed by atoms with E-state index in [1.165, 1.54) is 0 Å². The van der Waals surface area contributed by atoms with Crippen LogP contribution in [-0.2, 0) is 22.7 Å². The molecule has 2 aliphatic heterocycles. The topological polar surface area (TPSA) is 107 Å². The highest BCUT2D eigenvalue weighted by atomic mass is 35.5. The first-order valence-corrected chi connectivity index (χ1v) is 10.4. The van der Waals surface area contributed by atoms with Crippen LogP contribution in [0.1, 0.15) is 41.3 Å². The van der Waals surface area contributed by atoms with Crippen molar-refractivity contribution in [2.24, 2.45) is 0 Å². The summed E-state index contributed by atoms with van der Waals surface area (Å²) in [5.74, 6) is -0.271. The Bertz CT molecular complexity index is 1250. The summed E-state index contributed by atoms with van der Waals surface area (Å²) < 4.78 is 0. The van der Waals surface area contributed by atoms with Crippen LogP contribution in [0.2, 0.25) is 5.02 Å². The summed E-state index contributed by atoms with van der Waals surface area (Å²) >= 11 is 6.02. The van der Waals surface area contributed by atoms with E-state index in [1.54, 1.807) is 24.0 Å². The first kappa shape index (κ1) is 19.6. The van der Waals surface area contributed by atoms with E-state index < -0.39 is 11.4 Å². The van der Waals surface area contributed by atoms with E-state index >= 15 is 0 Å². The van der Waals surface area contributed by atoms with E-state index in [0.717, 1.165) is 22.2 Å². The van der Waals surface area contributed by atoms with Gasteiger partial charge in [0, 0.05) is 30.1 Å². The molecule has 3 amide bonds. The molecule has 2 aromatic carbocycles. The third-order valence-electron chi connectivity index (χ3n) is 6.05. The van der Waals surface area contributed by atoms with E-state index in [2.05, 4.69) is 20.6 Å². The molecule has 158 valence electrons. The maximum atomic E-state index is 13.0. The second kappa shape index (κ2) is 7.09. The number of piperidine rings is 1. The second-order valence-electron chi connectivity index (χ2n) is 8.13. The largest absolute Gasteiger partial charge is 0.352 e. The number of hydrogen-bond donors (Lipinski definition) is 3. The lowest BCUT2D eigenvalue weighted by molar-refractivity contribution is -0.142. The predicted octanol–water partition coefficient (Wildman–Crippen LogP) is 2.98. The Morgan fingerprint density at radius 2 is 2.03 bits per heavy atom. The maximum Gasteiger partial charge on any atom is 0.255 e.